The second-order valence-corrected chi connectivity index (χ2v) is 4.61. The van der Waals surface area contributed by atoms with Crippen molar-refractivity contribution in [3.05, 3.63) is 64.4 Å². The lowest BCUT2D eigenvalue weighted by Crippen LogP contribution is -2.20. The van der Waals surface area contributed by atoms with E-state index in [0.717, 1.165) is 6.20 Å². The highest BCUT2D eigenvalue weighted by Crippen LogP contribution is 2.23. The maximum atomic E-state index is 13.7. The van der Waals surface area contributed by atoms with Gasteiger partial charge >= 0.3 is 0 Å². The van der Waals surface area contributed by atoms with E-state index in [1.165, 1.54) is 12.3 Å². The predicted molar refractivity (Wildman–Crippen MR) is 71.1 cm³/mol. The molecular weight excluding hydrogens is 270 g/mol. The van der Waals surface area contributed by atoms with Crippen molar-refractivity contribution in [1.29, 1.82) is 0 Å². The highest BCUT2D eigenvalue weighted by Gasteiger charge is 2.16. The maximum absolute atomic E-state index is 13.7. The van der Waals surface area contributed by atoms with Gasteiger partial charge in [0.1, 0.15) is 11.6 Å². The van der Waals surface area contributed by atoms with Crippen molar-refractivity contribution in [2.45, 2.75) is 12.5 Å². The normalized spacial score (nSPS) is 12.4. The van der Waals surface area contributed by atoms with Gasteiger partial charge in [-0.05, 0) is 37.2 Å². The van der Waals surface area contributed by atoms with Crippen LogP contribution in [0.4, 0.5) is 8.78 Å². The van der Waals surface area contributed by atoms with Gasteiger partial charge in [0.15, 0.2) is 0 Å². The van der Waals surface area contributed by atoms with Crippen LogP contribution >= 0.6 is 11.6 Å². The molecule has 0 saturated heterocycles. The molecule has 0 aliphatic rings. The van der Waals surface area contributed by atoms with Crippen LogP contribution in [0.3, 0.4) is 0 Å². The van der Waals surface area contributed by atoms with E-state index in [1.54, 1.807) is 25.2 Å². The fraction of sp³-hybridized carbons (Fsp3) is 0.214. The zero-order chi connectivity index (χ0) is 13.8. The summed E-state index contributed by atoms with van der Waals surface area (Å²) in [6, 6.07) is 5.76. The average Bonchev–Trinajstić information content (AvgIpc) is 2.39. The van der Waals surface area contributed by atoms with Gasteiger partial charge in [-0.25, -0.2) is 8.78 Å². The van der Waals surface area contributed by atoms with E-state index in [2.05, 4.69) is 10.3 Å². The number of nitrogens with zero attached hydrogens (tertiary/aromatic N) is 1. The molecule has 0 bridgehead atoms. The topological polar surface area (TPSA) is 24.9 Å². The van der Waals surface area contributed by atoms with Crippen molar-refractivity contribution in [1.82, 2.24) is 10.3 Å². The summed E-state index contributed by atoms with van der Waals surface area (Å²) in [5.41, 5.74) is 0.951. The Morgan fingerprint density at radius 1 is 1.26 bits per heavy atom. The van der Waals surface area contributed by atoms with E-state index in [9.17, 15) is 8.78 Å². The molecule has 2 aromatic rings. The van der Waals surface area contributed by atoms with Crippen molar-refractivity contribution in [3.63, 3.8) is 0 Å². The van der Waals surface area contributed by atoms with Crippen molar-refractivity contribution in [3.8, 4) is 0 Å². The first-order valence-corrected chi connectivity index (χ1v) is 6.20. The third-order valence-corrected chi connectivity index (χ3v) is 3.20. The quantitative estimate of drug-likeness (QED) is 0.928. The Balaban J connectivity index is 2.27. The molecule has 0 aliphatic carbocycles. The molecule has 0 amide bonds. The van der Waals surface area contributed by atoms with Gasteiger partial charge in [-0.1, -0.05) is 17.7 Å². The monoisotopic (exact) mass is 282 g/mol. The summed E-state index contributed by atoms with van der Waals surface area (Å²) in [5.74, 6) is -0.793. The van der Waals surface area contributed by atoms with Crippen LogP contribution in [0.15, 0.2) is 36.7 Å². The largest absolute Gasteiger partial charge is 0.313 e. The number of hydrogen-bond acceptors (Lipinski definition) is 2. The Hall–Kier alpha value is -1.52. The van der Waals surface area contributed by atoms with Gasteiger partial charge in [0.25, 0.3) is 0 Å². The summed E-state index contributed by atoms with van der Waals surface area (Å²) in [5, 5.41) is 3.33. The van der Waals surface area contributed by atoms with Crippen LogP contribution in [0.2, 0.25) is 5.02 Å². The molecular formula is C14H13ClF2N2. The first-order valence-electron chi connectivity index (χ1n) is 5.82. The minimum atomic E-state index is -0.406. The summed E-state index contributed by atoms with van der Waals surface area (Å²) in [6.45, 7) is 0. The molecule has 1 N–H and O–H groups in total. The second kappa shape index (κ2) is 6.08. The number of rotatable bonds is 4. The van der Waals surface area contributed by atoms with E-state index in [0.29, 0.717) is 22.6 Å². The lowest BCUT2D eigenvalue weighted by Gasteiger charge is -2.17. The van der Waals surface area contributed by atoms with Crippen molar-refractivity contribution < 1.29 is 8.78 Å². The number of aromatic nitrogens is 1. The predicted octanol–water partition coefficient (Wildman–Crippen LogP) is 3.52. The van der Waals surface area contributed by atoms with Crippen LogP contribution < -0.4 is 5.32 Å². The number of likely N-dealkylation sites (N-methyl/N-ethyl adjacent to an activating group) is 1. The molecule has 19 heavy (non-hydrogen) atoms. The van der Waals surface area contributed by atoms with Crippen LogP contribution in [0.1, 0.15) is 17.2 Å². The van der Waals surface area contributed by atoms with E-state index < -0.39 is 5.82 Å². The summed E-state index contributed by atoms with van der Waals surface area (Å²) in [6.07, 6.45) is 3.00. The molecule has 2 rings (SSSR count). The van der Waals surface area contributed by atoms with Crippen molar-refractivity contribution in [2.24, 2.45) is 0 Å². The molecule has 5 heteroatoms. The molecule has 100 valence electrons. The van der Waals surface area contributed by atoms with Crippen LogP contribution in [0.5, 0.6) is 0 Å². The van der Waals surface area contributed by atoms with Crippen LogP contribution in [0, 0.1) is 11.6 Å². The lowest BCUT2D eigenvalue weighted by atomic mass is 9.99. The molecule has 1 aromatic heterocycles. The smallest absolute Gasteiger partial charge is 0.146 e. The highest BCUT2D eigenvalue weighted by atomic mass is 35.5. The summed E-state index contributed by atoms with van der Waals surface area (Å²) >= 11 is 5.71. The molecule has 2 nitrogen and oxygen atoms in total. The zero-order valence-corrected chi connectivity index (χ0v) is 11.1. The SMILES string of the molecule is CNC(Cc1ccc(Cl)cc1F)c1ccncc1F. The van der Waals surface area contributed by atoms with Gasteiger partial charge in [-0.15, -0.1) is 0 Å². The Kier molecular flexibility index (Phi) is 4.45. The average molecular weight is 283 g/mol. The number of halogens is 3. The maximum Gasteiger partial charge on any atom is 0.146 e. The number of hydrogen-bond donors (Lipinski definition) is 1. The fourth-order valence-corrected chi connectivity index (χ4v) is 2.10. The number of benzene rings is 1. The van der Waals surface area contributed by atoms with E-state index in [-0.39, 0.29) is 11.9 Å². The van der Waals surface area contributed by atoms with E-state index in [4.69, 9.17) is 11.6 Å². The second-order valence-electron chi connectivity index (χ2n) is 4.18. The van der Waals surface area contributed by atoms with Gasteiger partial charge in [0, 0.05) is 22.8 Å². The molecule has 0 radical (unpaired) electrons. The fourth-order valence-electron chi connectivity index (χ4n) is 1.94. The third-order valence-electron chi connectivity index (χ3n) is 2.97. The standard InChI is InChI=1S/C14H13ClF2N2/c1-18-14(11-4-5-19-8-13(11)17)6-9-2-3-10(15)7-12(9)16/h2-5,7-8,14,18H,6H2,1H3. The van der Waals surface area contributed by atoms with Crippen LogP contribution in [-0.4, -0.2) is 12.0 Å². The minimum absolute atomic E-state index is 0.321. The van der Waals surface area contributed by atoms with Gasteiger partial charge < -0.3 is 5.32 Å². The molecule has 0 aliphatic heterocycles. The van der Waals surface area contributed by atoms with Gasteiger partial charge in [-0.2, -0.15) is 0 Å². The van der Waals surface area contributed by atoms with E-state index >= 15 is 0 Å². The zero-order valence-electron chi connectivity index (χ0n) is 10.3. The molecule has 0 spiro atoms. The van der Waals surface area contributed by atoms with Gasteiger partial charge in [0.2, 0.25) is 0 Å². The highest BCUT2D eigenvalue weighted by molar-refractivity contribution is 6.30. The summed E-state index contributed by atoms with van der Waals surface area (Å²) in [7, 11) is 1.71. The van der Waals surface area contributed by atoms with Gasteiger partial charge in [0.05, 0.1) is 6.20 Å². The van der Waals surface area contributed by atoms with Gasteiger partial charge in [-0.3, -0.25) is 4.98 Å². The molecule has 1 heterocycles. The van der Waals surface area contributed by atoms with Crippen LogP contribution in [-0.2, 0) is 6.42 Å². The first kappa shape index (κ1) is 13.9. The Bertz CT molecular complexity index is 575. The van der Waals surface area contributed by atoms with Crippen LogP contribution in [0.25, 0.3) is 0 Å². The summed E-state index contributed by atoms with van der Waals surface area (Å²) in [4.78, 5) is 3.70. The van der Waals surface area contributed by atoms with Crippen molar-refractivity contribution >= 4 is 11.6 Å². The third kappa shape index (κ3) is 3.28. The summed E-state index contributed by atoms with van der Waals surface area (Å²) < 4.78 is 27.4. The molecule has 1 unspecified atom stereocenters. The molecule has 1 atom stereocenters. The molecule has 0 fully saturated rings. The van der Waals surface area contributed by atoms with E-state index in [1.807, 2.05) is 0 Å². The molecule has 1 aromatic carbocycles. The first-order chi connectivity index (χ1) is 9.11. The Labute approximate surface area is 115 Å². The lowest BCUT2D eigenvalue weighted by molar-refractivity contribution is 0.517. The van der Waals surface area contributed by atoms with Crippen molar-refractivity contribution in [2.75, 3.05) is 7.05 Å². The Morgan fingerprint density at radius 2 is 2.05 bits per heavy atom. The minimum Gasteiger partial charge on any atom is -0.313 e. The number of pyridine rings is 1. The number of nitrogens with one attached hydrogen (secondary N) is 1. The Morgan fingerprint density at radius 3 is 2.68 bits per heavy atom. The molecule has 0 saturated carbocycles.